The molecule has 296 valence electrons. The lowest BCUT2D eigenvalue weighted by Gasteiger charge is -2.13. The second kappa shape index (κ2) is 14.0. The van der Waals surface area contributed by atoms with Crippen molar-refractivity contribution in [2.24, 2.45) is 4.99 Å². The Balaban J connectivity index is 0.947. The maximum atomic E-state index is 6.52. The van der Waals surface area contributed by atoms with Gasteiger partial charge in [0.2, 0.25) is 0 Å². The maximum Gasteiger partial charge on any atom is 0.159 e. The summed E-state index contributed by atoms with van der Waals surface area (Å²) in [6.45, 7) is 0. The van der Waals surface area contributed by atoms with Crippen molar-refractivity contribution in [3.8, 4) is 56.4 Å². The van der Waals surface area contributed by atoms with Crippen molar-refractivity contribution in [1.82, 2.24) is 34.1 Å². The molecule has 0 saturated heterocycles. The summed E-state index contributed by atoms with van der Waals surface area (Å²) in [7, 11) is 0. The number of rotatable bonds is 6. The van der Waals surface area contributed by atoms with Crippen LogP contribution in [-0.4, -0.2) is 40.3 Å². The lowest BCUT2D eigenvalue weighted by molar-refractivity contribution is 0.668. The summed E-state index contributed by atoms with van der Waals surface area (Å²) >= 11 is 0. The average molecular weight is 811 g/mol. The van der Waals surface area contributed by atoms with Gasteiger partial charge in [0.15, 0.2) is 11.6 Å². The van der Waals surface area contributed by atoms with Gasteiger partial charge in [0, 0.05) is 86.9 Å². The van der Waals surface area contributed by atoms with E-state index in [1.54, 1.807) is 24.8 Å². The Kier molecular flexibility index (Phi) is 7.83. The molecule has 6 aromatic carbocycles. The van der Waals surface area contributed by atoms with E-state index in [4.69, 9.17) is 14.4 Å². The van der Waals surface area contributed by atoms with Gasteiger partial charge in [-0.1, -0.05) is 60.7 Å². The molecule has 0 aliphatic carbocycles. The fourth-order valence-electron chi connectivity index (χ4n) is 9.57. The first-order valence-corrected chi connectivity index (χ1v) is 21.0. The molecule has 0 saturated carbocycles. The molecule has 0 bridgehead atoms. The lowest BCUT2D eigenvalue weighted by atomic mass is 9.97. The van der Waals surface area contributed by atoms with Gasteiger partial charge in [-0.05, 0) is 120 Å². The molecule has 13 rings (SSSR count). The Morgan fingerprint density at radius 1 is 0.429 bits per heavy atom. The molecule has 0 spiro atoms. The predicted molar refractivity (Wildman–Crippen MR) is 252 cm³/mol. The monoisotopic (exact) mass is 810 g/mol. The minimum absolute atomic E-state index is 0.696. The summed E-state index contributed by atoms with van der Waals surface area (Å²) < 4.78 is 11.2. The van der Waals surface area contributed by atoms with Gasteiger partial charge in [0.1, 0.15) is 11.2 Å². The van der Waals surface area contributed by atoms with Crippen LogP contribution in [0.2, 0.25) is 0 Å². The standard InChI is InChI=1S/C54H34N8O/c1-3-11-39(53-57-25-7-26-58-53)37(9-1)33-15-19-45-43(29-33)51-47(13-5-23-55-51)61(45)35-17-21-49-41(31-35)42-32-36(18-22-50(42)63-49)62-46-20-16-34(30-44(46)52-48(62)14-6-24-56-52)38-10-2-4-12-40(38)54-59-27-8-28-60-54/h1-5,7-13,15-32H,6,14H2. The predicted octanol–water partition coefficient (Wildman–Crippen LogP) is 12.9. The highest BCUT2D eigenvalue weighted by Gasteiger charge is 2.23. The molecular formula is C54H34N8O. The van der Waals surface area contributed by atoms with E-state index in [1.165, 1.54) is 5.69 Å². The van der Waals surface area contributed by atoms with Crippen LogP contribution in [0.15, 0.2) is 186 Å². The smallest absolute Gasteiger partial charge is 0.159 e. The summed E-state index contributed by atoms with van der Waals surface area (Å²) in [5.41, 5.74) is 16.4. The Hall–Kier alpha value is -8.56. The van der Waals surface area contributed by atoms with Crippen molar-refractivity contribution >= 4 is 66.7 Å². The highest BCUT2D eigenvalue weighted by molar-refractivity contribution is 6.11. The molecule has 63 heavy (non-hydrogen) atoms. The average Bonchev–Trinajstić information content (AvgIpc) is 4.01. The van der Waals surface area contributed by atoms with E-state index in [1.807, 2.05) is 42.7 Å². The number of aromatic nitrogens is 7. The molecule has 9 nitrogen and oxygen atoms in total. The number of benzene rings is 6. The van der Waals surface area contributed by atoms with Crippen LogP contribution in [0.4, 0.5) is 5.69 Å². The van der Waals surface area contributed by atoms with E-state index in [2.05, 4.69) is 144 Å². The molecule has 12 aromatic rings. The Morgan fingerprint density at radius 2 is 0.984 bits per heavy atom. The third-order valence-corrected chi connectivity index (χ3v) is 12.3. The summed E-state index contributed by atoms with van der Waals surface area (Å²) in [4.78, 5) is 28.2. The molecule has 0 radical (unpaired) electrons. The van der Waals surface area contributed by atoms with Crippen LogP contribution in [0, 0.1) is 0 Å². The van der Waals surface area contributed by atoms with Gasteiger partial charge in [-0.3, -0.25) is 9.98 Å². The second-order valence-corrected chi connectivity index (χ2v) is 15.9. The third kappa shape index (κ3) is 5.56. The minimum Gasteiger partial charge on any atom is -0.456 e. The largest absolute Gasteiger partial charge is 0.456 e. The Morgan fingerprint density at radius 3 is 1.62 bits per heavy atom. The van der Waals surface area contributed by atoms with E-state index in [0.717, 1.165) is 118 Å². The van der Waals surface area contributed by atoms with Crippen molar-refractivity contribution in [3.63, 3.8) is 0 Å². The van der Waals surface area contributed by atoms with E-state index in [-0.39, 0.29) is 0 Å². The van der Waals surface area contributed by atoms with Gasteiger partial charge in [-0.2, -0.15) is 0 Å². The van der Waals surface area contributed by atoms with E-state index < -0.39 is 0 Å². The van der Waals surface area contributed by atoms with Crippen LogP contribution in [0.25, 0.3) is 111 Å². The number of fused-ring (bicyclic) bond motifs is 9. The molecule has 0 fully saturated rings. The summed E-state index contributed by atoms with van der Waals surface area (Å²) in [5, 5.41) is 4.27. The first kappa shape index (κ1) is 35.2. The summed E-state index contributed by atoms with van der Waals surface area (Å²) in [6.07, 6.45) is 12.8. The maximum absolute atomic E-state index is 6.52. The number of aliphatic imine (C=N–C) groups is 1. The Bertz CT molecular complexity index is 3810. The van der Waals surface area contributed by atoms with E-state index in [9.17, 15) is 0 Å². The van der Waals surface area contributed by atoms with Crippen molar-refractivity contribution in [3.05, 3.63) is 182 Å². The molecule has 0 amide bonds. The minimum atomic E-state index is 0.696. The molecular weight excluding hydrogens is 777 g/mol. The van der Waals surface area contributed by atoms with Gasteiger partial charge < -0.3 is 13.6 Å². The van der Waals surface area contributed by atoms with Crippen molar-refractivity contribution in [1.29, 1.82) is 0 Å². The summed E-state index contributed by atoms with van der Waals surface area (Å²) in [6, 6.07) is 50.8. The molecule has 7 heterocycles. The molecule has 0 N–H and O–H groups in total. The molecule has 9 heteroatoms. The van der Waals surface area contributed by atoms with Crippen LogP contribution < -0.4 is 0 Å². The third-order valence-electron chi connectivity index (χ3n) is 12.3. The fraction of sp³-hybridized carbons (Fsp3) is 0.0370. The van der Waals surface area contributed by atoms with Crippen molar-refractivity contribution < 1.29 is 4.42 Å². The van der Waals surface area contributed by atoms with Crippen LogP contribution in [0.1, 0.15) is 12.1 Å². The topological polar surface area (TPSA) is 99.8 Å². The first-order valence-electron chi connectivity index (χ1n) is 21.0. The van der Waals surface area contributed by atoms with Crippen molar-refractivity contribution in [2.75, 3.05) is 0 Å². The van der Waals surface area contributed by atoms with Crippen LogP contribution in [0.5, 0.6) is 0 Å². The normalized spacial score (nSPS) is 12.6. The zero-order valence-electron chi connectivity index (χ0n) is 33.7. The van der Waals surface area contributed by atoms with Crippen molar-refractivity contribution in [2.45, 2.75) is 12.8 Å². The van der Waals surface area contributed by atoms with Crippen LogP contribution in [-0.2, 0) is 6.42 Å². The number of nitrogens with zero attached hydrogens (tertiary/aromatic N) is 8. The van der Waals surface area contributed by atoms with Gasteiger partial charge in [-0.15, -0.1) is 0 Å². The molecule has 0 atom stereocenters. The molecule has 1 aliphatic heterocycles. The fourth-order valence-corrected chi connectivity index (χ4v) is 9.57. The molecule has 1 aliphatic rings. The number of furan rings is 1. The first-order chi connectivity index (χ1) is 31.2. The van der Waals surface area contributed by atoms with Gasteiger partial charge >= 0.3 is 0 Å². The Labute approximate surface area is 360 Å². The van der Waals surface area contributed by atoms with Gasteiger partial charge in [0.25, 0.3) is 0 Å². The number of pyridine rings is 1. The zero-order chi connectivity index (χ0) is 41.4. The molecule has 0 unspecified atom stereocenters. The lowest BCUT2D eigenvalue weighted by Crippen LogP contribution is -2.02. The van der Waals surface area contributed by atoms with Gasteiger partial charge in [-0.25, -0.2) is 19.9 Å². The zero-order valence-corrected chi connectivity index (χ0v) is 33.7. The quantitative estimate of drug-likeness (QED) is 0.166. The highest BCUT2D eigenvalue weighted by atomic mass is 16.3. The van der Waals surface area contributed by atoms with Crippen LogP contribution in [0.3, 0.4) is 0 Å². The number of hydrogen-bond acceptors (Lipinski definition) is 7. The second-order valence-electron chi connectivity index (χ2n) is 15.9. The van der Waals surface area contributed by atoms with E-state index >= 15 is 0 Å². The van der Waals surface area contributed by atoms with Gasteiger partial charge in [0.05, 0.1) is 27.8 Å². The highest BCUT2D eigenvalue weighted by Crippen LogP contribution is 2.43. The SMILES string of the molecule is C1=Nc2c(n(-c3ccc4oc5ccc(-n6c7ccc(-c8ccccc8-c8ncccn8)cc7c7ncccc76)cc5c4c3)c3ccc(-c4ccccc4-c4ncccn4)cc23)CC1. The van der Waals surface area contributed by atoms with Crippen LogP contribution >= 0.6 is 0 Å². The summed E-state index contributed by atoms with van der Waals surface area (Å²) in [5.74, 6) is 1.40. The number of hydrogen-bond donors (Lipinski definition) is 0. The molecule has 6 aromatic heterocycles. The van der Waals surface area contributed by atoms with E-state index in [0.29, 0.717) is 11.6 Å².